The number of anilines is 2. The summed E-state index contributed by atoms with van der Waals surface area (Å²) in [5.74, 6) is -0.410. The molecule has 7 nitrogen and oxygen atoms in total. The highest BCUT2D eigenvalue weighted by Gasteiger charge is 2.31. The molecule has 0 bridgehead atoms. The molecule has 1 aromatic carbocycles. The lowest BCUT2D eigenvalue weighted by molar-refractivity contribution is -0.121. The van der Waals surface area contributed by atoms with Crippen LogP contribution in [0.2, 0.25) is 0 Å². The largest absolute Gasteiger partial charge is 0.444 e. The molecule has 1 saturated heterocycles. The molecule has 0 aliphatic carbocycles. The molecule has 0 spiro atoms. The van der Waals surface area contributed by atoms with Gasteiger partial charge in [0.1, 0.15) is 5.60 Å². The first kappa shape index (κ1) is 23.3. The van der Waals surface area contributed by atoms with Crippen LogP contribution in [0, 0.1) is 5.92 Å². The predicted molar refractivity (Wildman–Crippen MR) is 127 cm³/mol. The molecule has 2 heterocycles. The Labute approximate surface area is 192 Å². The SMILES string of the molecule is CC(C)Nc1c(NC(=O)[C@H]2CCCN(C(=O)OC(C)(C)C)C2)cnc2cc(Br)ccc12. The number of nitrogens with one attached hydrogen (secondary N) is 2. The van der Waals surface area contributed by atoms with Crippen LogP contribution in [0.3, 0.4) is 0 Å². The fourth-order valence-corrected chi connectivity index (χ4v) is 3.97. The molecule has 3 rings (SSSR count). The van der Waals surface area contributed by atoms with Gasteiger partial charge in [-0.05, 0) is 65.7 Å². The van der Waals surface area contributed by atoms with Gasteiger partial charge in [0.2, 0.25) is 5.91 Å². The number of halogens is 1. The van der Waals surface area contributed by atoms with Crippen LogP contribution in [0.1, 0.15) is 47.5 Å². The zero-order valence-corrected chi connectivity index (χ0v) is 20.4. The predicted octanol–water partition coefficient (Wildman–Crippen LogP) is 5.40. The number of nitrogens with zero attached hydrogens (tertiary/aromatic N) is 2. The third-order valence-corrected chi connectivity index (χ3v) is 5.46. The monoisotopic (exact) mass is 490 g/mol. The Balaban J connectivity index is 1.79. The van der Waals surface area contributed by atoms with E-state index in [9.17, 15) is 9.59 Å². The van der Waals surface area contributed by atoms with E-state index in [-0.39, 0.29) is 24.0 Å². The van der Waals surface area contributed by atoms with Gasteiger partial charge in [0.25, 0.3) is 0 Å². The lowest BCUT2D eigenvalue weighted by Gasteiger charge is -2.33. The first-order chi connectivity index (χ1) is 14.5. The quantitative estimate of drug-likeness (QED) is 0.598. The van der Waals surface area contributed by atoms with Crippen LogP contribution in [0.15, 0.2) is 28.9 Å². The highest BCUT2D eigenvalue weighted by molar-refractivity contribution is 9.10. The highest BCUT2D eigenvalue weighted by atomic mass is 79.9. The van der Waals surface area contributed by atoms with Crippen molar-refractivity contribution >= 4 is 50.2 Å². The fourth-order valence-electron chi connectivity index (χ4n) is 3.62. The van der Waals surface area contributed by atoms with Gasteiger partial charge < -0.3 is 20.3 Å². The number of carbonyl (C=O) groups excluding carboxylic acids is 2. The Morgan fingerprint density at radius 1 is 1.29 bits per heavy atom. The van der Waals surface area contributed by atoms with Crippen LogP contribution in [-0.4, -0.2) is 46.6 Å². The van der Waals surface area contributed by atoms with Crippen molar-refractivity contribution < 1.29 is 14.3 Å². The molecular formula is C23H31BrN4O3. The standard InChI is InChI=1S/C23H31BrN4O3/c1-14(2)26-20-17-9-8-16(24)11-18(17)25-12-19(20)27-21(29)15-7-6-10-28(13-15)22(30)31-23(3,4)5/h8-9,11-12,14-15H,6-7,10,13H2,1-5H3,(H,25,26)(H,27,29)/t15-/m0/s1. The third-order valence-electron chi connectivity index (χ3n) is 4.97. The first-order valence-corrected chi connectivity index (χ1v) is 11.5. The van der Waals surface area contributed by atoms with Crippen molar-refractivity contribution in [3.05, 3.63) is 28.9 Å². The summed E-state index contributed by atoms with van der Waals surface area (Å²) in [6.07, 6.45) is 2.81. The number of ether oxygens (including phenoxy) is 1. The Morgan fingerprint density at radius 2 is 2.03 bits per heavy atom. The summed E-state index contributed by atoms with van der Waals surface area (Å²) in [6.45, 7) is 10.6. The number of aromatic nitrogens is 1. The second kappa shape index (κ2) is 9.42. The van der Waals surface area contributed by atoms with Gasteiger partial charge in [0, 0.05) is 29.0 Å². The summed E-state index contributed by atoms with van der Waals surface area (Å²) in [7, 11) is 0. The molecular weight excluding hydrogens is 460 g/mol. The fraction of sp³-hybridized carbons (Fsp3) is 0.522. The lowest BCUT2D eigenvalue weighted by atomic mass is 9.97. The summed E-state index contributed by atoms with van der Waals surface area (Å²) >= 11 is 3.48. The number of hydrogen-bond acceptors (Lipinski definition) is 5. The van der Waals surface area contributed by atoms with Crippen LogP contribution in [0.5, 0.6) is 0 Å². The summed E-state index contributed by atoms with van der Waals surface area (Å²) in [6, 6.07) is 6.08. The molecule has 1 fully saturated rings. The van der Waals surface area contributed by atoms with Gasteiger partial charge in [0.15, 0.2) is 0 Å². The smallest absolute Gasteiger partial charge is 0.410 e. The van der Waals surface area contributed by atoms with Crippen LogP contribution >= 0.6 is 15.9 Å². The van der Waals surface area contributed by atoms with E-state index in [1.54, 1.807) is 11.1 Å². The van der Waals surface area contributed by atoms with Crippen LogP contribution in [0.25, 0.3) is 10.9 Å². The second-order valence-electron chi connectivity index (χ2n) is 9.26. The minimum Gasteiger partial charge on any atom is -0.444 e. The van der Waals surface area contributed by atoms with Gasteiger partial charge >= 0.3 is 6.09 Å². The normalized spacial score (nSPS) is 17.0. The van der Waals surface area contributed by atoms with E-state index in [1.807, 2.05) is 39.0 Å². The van der Waals surface area contributed by atoms with Crippen LogP contribution in [-0.2, 0) is 9.53 Å². The number of likely N-dealkylation sites (tertiary alicyclic amines) is 1. The topological polar surface area (TPSA) is 83.6 Å². The molecule has 0 radical (unpaired) electrons. The Morgan fingerprint density at radius 3 is 2.71 bits per heavy atom. The zero-order valence-electron chi connectivity index (χ0n) is 18.8. The average molecular weight is 491 g/mol. The minimum atomic E-state index is -0.560. The van der Waals surface area contributed by atoms with Crippen LogP contribution < -0.4 is 10.6 Å². The van der Waals surface area contributed by atoms with Crippen LogP contribution in [0.4, 0.5) is 16.2 Å². The van der Waals surface area contributed by atoms with Crippen molar-refractivity contribution in [1.82, 2.24) is 9.88 Å². The number of rotatable bonds is 4. The molecule has 168 valence electrons. The molecule has 2 aromatic rings. The number of pyridine rings is 1. The van der Waals surface area contributed by atoms with E-state index in [4.69, 9.17) is 4.74 Å². The van der Waals surface area contributed by atoms with Crippen molar-refractivity contribution in [3.63, 3.8) is 0 Å². The Hall–Kier alpha value is -2.35. The molecule has 1 aliphatic rings. The zero-order chi connectivity index (χ0) is 22.8. The Kier molecular flexibility index (Phi) is 7.09. The van der Waals surface area contributed by atoms with E-state index >= 15 is 0 Å². The number of carbonyl (C=O) groups is 2. The summed E-state index contributed by atoms with van der Waals surface area (Å²) in [5.41, 5.74) is 1.77. The highest BCUT2D eigenvalue weighted by Crippen LogP contribution is 2.33. The van der Waals surface area contributed by atoms with Gasteiger partial charge in [-0.25, -0.2) is 4.79 Å². The molecule has 0 saturated carbocycles. The van der Waals surface area contributed by atoms with Gasteiger partial charge in [-0.15, -0.1) is 0 Å². The van der Waals surface area contributed by atoms with E-state index in [1.165, 1.54) is 0 Å². The van der Waals surface area contributed by atoms with E-state index in [0.717, 1.165) is 33.9 Å². The van der Waals surface area contributed by atoms with Gasteiger partial charge in [-0.2, -0.15) is 0 Å². The maximum Gasteiger partial charge on any atom is 0.410 e. The number of amides is 2. The number of fused-ring (bicyclic) bond motifs is 1. The Bertz CT molecular complexity index is 971. The number of piperidine rings is 1. The average Bonchev–Trinajstić information content (AvgIpc) is 2.68. The molecule has 31 heavy (non-hydrogen) atoms. The second-order valence-corrected chi connectivity index (χ2v) is 10.2. The molecule has 2 N–H and O–H groups in total. The van der Waals surface area contributed by atoms with E-state index < -0.39 is 5.60 Å². The maximum atomic E-state index is 13.1. The molecule has 8 heteroatoms. The van der Waals surface area contributed by atoms with Crippen molar-refractivity contribution in [2.75, 3.05) is 23.7 Å². The lowest BCUT2D eigenvalue weighted by Crippen LogP contribution is -2.45. The van der Waals surface area contributed by atoms with E-state index in [2.05, 4.69) is 45.4 Å². The summed E-state index contributed by atoms with van der Waals surface area (Å²) < 4.78 is 6.42. The summed E-state index contributed by atoms with van der Waals surface area (Å²) in [4.78, 5) is 31.7. The number of benzene rings is 1. The molecule has 1 aromatic heterocycles. The van der Waals surface area contributed by atoms with Gasteiger partial charge in [-0.1, -0.05) is 15.9 Å². The van der Waals surface area contributed by atoms with Gasteiger partial charge in [-0.3, -0.25) is 9.78 Å². The van der Waals surface area contributed by atoms with Crippen molar-refractivity contribution in [2.45, 2.75) is 59.1 Å². The molecule has 2 amide bonds. The van der Waals surface area contributed by atoms with E-state index in [0.29, 0.717) is 18.8 Å². The molecule has 1 aliphatic heterocycles. The van der Waals surface area contributed by atoms with Crippen molar-refractivity contribution in [1.29, 1.82) is 0 Å². The summed E-state index contributed by atoms with van der Waals surface area (Å²) in [5, 5.41) is 7.43. The van der Waals surface area contributed by atoms with Gasteiger partial charge in [0.05, 0.1) is 29.0 Å². The molecule has 0 unspecified atom stereocenters. The maximum absolute atomic E-state index is 13.1. The minimum absolute atomic E-state index is 0.113. The number of hydrogen-bond donors (Lipinski definition) is 2. The van der Waals surface area contributed by atoms with Crippen molar-refractivity contribution in [3.8, 4) is 0 Å². The van der Waals surface area contributed by atoms with Crippen molar-refractivity contribution in [2.24, 2.45) is 5.92 Å². The third kappa shape index (κ3) is 6.09. The first-order valence-electron chi connectivity index (χ1n) is 10.7. The molecule has 1 atom stereocenters.